The molecule has 1 aromatic rings. The first kappa shape index (κ1) is 9.54. The van der Waals surface area contributed by atoms with Gasteiger partial charge in [0.25, 0.3) is 0 Å². The zero-order valence-electron chi connectivity index (χ0n) is 7.19. The second-order valence-electron chi connectivity index (χ2n) is 2.67. The van der Waals surface area contributed by atoms with Gasteiger partial charge in [-0.1, -0.05) is 12.1 Å². The molecule has 1 rings (SSSR count). The van der Waals surface area contributed by atoms with Crippen molar-refractivity contribution in [1.29, 1.82) is 0 Å². The number of benzene rings is 1. The summed E-state index contributed by atoms with van der Waals surface area (Å²) in [6.45, 7) is 1.53. The molecule has 4 heteroatoms. The fourth-order valence-corrected chi connectivity index (χ4v) is 1.02. The van der Waals surface area contributed by atoms with Crippen molar-refractivity contribution < 1.29 is 15.0 Å². The molecule has 0 aliphatic heterocycles. The topological polar surface area (TPSA) is 69.6 Å². The highest BCUT2D eigenvalue weighted by Gasteiger charge is 2.08. The number of nitrogens with one attached hydrogen (secondary N) is 1. The number of aliphatic hydroxyl groups excluding tert-OH is 1. The Morgan fingerprint density at radius 1 is 1.46 bits per heavy atom. The maximum atomic E-state index is 10.7. The van der Waals surface area contributed by atoms with Crippen molar-refractivity contribution in [3.05, 3.63) is 29.8 Å². The molecule has 0 spiro atoms. The molecule has 0 aromatic heterocycles. The van der Waals surface area contributed by atoms with Gasteiger partial charge < -0.3 is 15.5 Å². The van der Waals surface area contributed by atoms with E-state index < -0.39 is 12.2 Å². The van der Waals surface area contributed by atoms with Gasteiger partial charge in [0.05, 0.1) is 11.3 Å². The monoisotopic (exact) mass is 181 g/mol. The molecule has 0 fully saturated rings. The van der Waals surface area contributed by atoms with Crippen LogP contribution in [0.25, 0.3) is 0 Å². The van der Waals surface area contributed by atoms with Gasteiger partial charge in [0.2, 0.25) is 0 Å². The van der Waals surface area contributed by atoms with Crippen LogP contribution in [0.4, 0.5) is 5.69 Å². The van der Waals surface area contributed by atoms with Crippen LogP contribution in [0.15, 0.2) is 24.3 Å². The first-order valence-electron chi connectivity index (χ1n) is 3.88. The number of hydrogen-bond donors (Lipinski definition) is 3. The molecule has 0 bridgehead atoms. The lowest BCUT2D eigenvalue weighted by Crippen LogP contribution is -2.15. The van der Waals surface area contributed by atoms with Crippen LogP contribution in [0.5, 0.6) is 0 Å². The quantitative estimate of drug-likeness (QED) is 0.611. The van der Waals surface area contributed by atoms with Gasteiger partial charge in [-0.05, 0) is 19.1 Å². The smallest absolute Gasteiger partial charge is 0.337 e. The van der Waals surface area contributed by atoms with Crippen molar-refractivity contribution in [2.45, 2.75) is 13.2 Å². The molecule has 0 heterocycles. The highest BCUT2D eigenvalue weighted by Crippen LogP contribution is 2.15. The Bertz CT molecular complexity index is 309. The van der Waals surface area contributed by atoms with Gasteiger partial charge >= 0.3 is 5.97 Å². The lowest BCUT2D eigenvalue weighted by molar-refractivity contribution is 0.0698. The summed E-state index contributed by atoms with van der Waals surface area (Å²) in [6, 6.07) is 6.43. The Labute approximate surface area is 75.8 Å². The van der Waals surface area contributed by atoms with Crippen LogP contribution in [0.1, 0.15) is 17.3 Å². The third-order valence-electron chi connectivity index (χ3n) is 1.52. The lowest BCUT2D eigenvalue weighted by Gasteiger charge is -2.10. The second kappa shape index (κ2) is 3.91. The predicted octanol–water partition coefficient (Wildman–Crippen LogP) is 1.14. The maximum Gasteiger partial charge on any atom is 0.337 e. The molecule has 70 valence electrons. The number of aromatic carboxylic acids is 1. The molecule has 0 aliphatic carbocycles. The van der Waals surface area contributed by atoms with Crippen LogP contribution in [0, 0.1) is 0 Å². The molecule has 1 atom stereocenters. The minimum atomic E-state index is -1.01. The number of anilines is 1. The molecule has 1 aromatic carbocycles. The van der Waals surface area contributed by atoms with Crippen molar-refractivity contribution in [2.75, 3.05) is 5.32 Å². The highest BCUT2D eigenvalue weighted by atomic mass is 16.4. The SMILES string of the molecule is CC(O)Nc1ccccc1C(=O)O. The lowest BCUT2D eigenvalue weighted by atomic mass is 10.2. The fraction of sp³-hybridized carbons (Fsp3) is 0.222. The van der Waals surface area contributed by atoms with Crippen molar-refractivity contribution >= 4 is 11.7 Å². The Kier molecular flexibility index (Phi) is 2.87. The van der Waals surface area contributed by atoms with Crippen molar-refractivity contribution in [2.24, 2.45) is 0 Å². The summed E-state index contributed by atoms with van der Waals surface area (Å²) in [7, 11) is 0. The van der Waals surface area contributed by atoms with E-state index in [1.54, 1.807) is 18.2 Å². The van der Waals surface area contributed by atoms with Gasteiger partial charge in [-0.3, -0.25) is 0 Å². The molecule has 0 saturated carbocycles. The Balaban J connectivity index is 2.98. The van der Waals surface area contributed by atoms with E-state index in [1.807, 2.05) is 0 Å². The zero-order valence-corrected chi connectivity index (χ0v) is 7.19. The Morgan fingerprint density at radius 2 is 2.08 bits per heavy atom. The third-order valence-corrected chi connectivity index (χ3v) is 1.52. The van der Waals surface area contributed by atoms with Gasteiger partial charge in [-0.15, -0.1) is 0 Å². The summed E-state index contributed by atoms with van der Waals surface area (Å²) in [6.07, 6.45) is -0.763. The zero-order chi connectivity index (χ0) is 9.84. The van der Waals surface area contributed by atoms with Crippen LogP contribution in [-0.2, 0) is 0 Å². The van der Waals surface area contributed by atoms with Crippen LogP contribution in [-0.4, -0.2) is 22.4 Å². The number of hydrogen-bond acceptors (Lipinski definition) is 3. The second-order valence-corrected chi connectivity index (χ2v) is 2.67. The van der Waals surface area contributed by atoms with E-state index in [4.69, 9.17) is 10.2 Å². The van der Waals surface area contributed by atoms with E-state index >= 15 is 0 Å². The molecular formula is C9H11NO3. The standard InChI is InChI=1S/C9H11NO3/c1-6(11)10-8-5-3-2-4-7(8)9(12)13/h2-6,10-11H,1H3,(H,12,13). The summed E-state index contributed by atoms with van der Waals surface area (Å²) < 4.78 is 0. The summed E-state index contributed by atoms with van der Waals surface area (Å²) in [5.41, 5.74) is 0.577. The van der Waals surface area contributed by atoms with Gasteiger partial charge in [0.1, 0.15) is 6.23 Å². The number of carboxylic acid groups (broad SMARTS) is 1. The summed E-state index contributed by atoms with van der Waals surface area (Å²) >= 11 is 0. The molecule has 0 amide bonds. The van der Waals surface area contributed by atoms with Crippen LogP contribution in [0.2, 0.25) is 0 Å². The average molecular weight is 181 g/mol. The highest BCUT2D eigenvalue weighted by molar-refractivity contribution is 5.94. The van der Waals surface area contributed by atoms with Crippen molar-refractivity contribution in [1.82, 2.24) is 0 Å². The maximum absolute atomic E-state index is 10.7. The number of rotatable bonds is 3. The minimum absolute atomic E-state index is 0.156. The molecule has 0 radical (unpaired) electrons. The summed E-state index contributed by atoms with van der Waals surface area (Å²) in [5.74, 6) is -1.01. The van der Waals surface area contributed by atoms with Gasteiger partial charge in [0.15, 0.2) is 0 Å². The first-order valence-corrected chi connectivity index (χ1v) is 3.88. The van der Waals surface area contributed by atoms with Crippen LogP contribution < -0.4 is 5.32 Å². The van der Waals surface area contributed by atoms with Crippen LogP contribution >= 0.6 is 0 Å². The predicted molar refractivity (Wildman–Crippen MR) is 48.7 cm³/mol. The van der Waals surface area contributed by atoms with E-state index in [-0.39, 0.29) is 5.56 Å². The fourth-order valence-electron chi connectivity index (χ4n) is 1.02. The normalized spacial score (nSPS) is 12.2. The van der Waals surface area contributed by atoms with E-state index in [0.29, 0.717) is 5.69 Å². The van der Waals surface area contributed by atoms with Gasteiger partial charge in [0, 0.05) is 0 Å². The molecule has 0 aliphatic rings. The molecule has 1 unspecified atom stereocenters. The van der Waals surface area contributed by atoms with E-state index in [9.17, 15) is 4.79 Å². The molecule has 4 nitrogen and oxygen atoms in total. The summed E-state index contributed by atoms with van der Waals surface area (Å²) in [4.78, 5) is 10.7. The third kappa shape index (κ3) is 2.45. The van der Waals surface area contributed by atoms with E-state index in [1.165, 1.54) is 13.0 Å². The molecule has 0 saturated heterocycles. The van der Waals surface area contributed by atoms with Gasteiger partial charge in [-0.2, -0.15) is 0 Å². The molecular weight excluding hydrogens is 170 g/mol. The summed E-state index contributed by atoms with van der Waals surface area (Å²) in [5, 5.41) is 20.4. The Morgan fingerprint density at radius 3 is 2.62 bits per heavy atom. The minimum Gasteiger partial charge on any atom is -0.478 e. The molecule has 3 N–H and O–H groups in total. The number of aliphatic hydroxyl groups is 1. The molecule has 13 heavy (non-hydrogen) atoms. The average Bonchev–Trinajstić information content (AvgIpc) is 2.03. The van der Waals surface area contributed by atoms with Gasteiger partial charge in [-0.25, -0.2) is 4.79 Å². The van der Waals surface area contributed by atoms with Crippen molar-refractivity contribution in [3.63, 3.8) is 0 Å². The number of para-hydroxylation sites is 1. The number of carbonyl (C=O) groups is 1. The Hall–Kier alpha value is -1.55. The number of carboxylic acids is 1. The van der Waals surface area contributed by atoms with Crippen LogP contribution in [0.3, 0.4) is 0 Å². The van der Waals surface area contributed by atoms with E-state index in [2.05, 4.69) is 5.32 Å². The van der Waals surface area contributed by atoms with E-state index in [0.717, 1.165) is 0 Å². The largest absolute Gasteiger partial charge is 0.478 e. The van der Waals surface area contributed by atoms with Crippen molar-refractivity contribution in [3.8, 4) is 0 Å². The first-order chi connectivity index (χ1) is 6.11.